The molecule has 0 fully saturated rings. The van der Waals surface area contributed by atoms with Crippen LogP contribution in [0.5, 0.6) is 0 Å². The Morgan fingerprint density at radius 2 is 1.79 bits per heavy atom. The van der Waals surface area contributed by atoms with Crippen molar-refractivity contribution in [1.82, 2.24) is 5.32 Å². The van der Waals surface area contributed by atoms with Gasteiger partial charge in [0.2, 0.25) is 0 Å². The fourth-order valence-electron chi connectivity index (χ4n) is 2.97. The number of sulfone groups is 1. The number of benzene rings is 2. The van der Waals surface area contributed by atoms with E-state index in [9.17, 15) is 17.6 Å². The van der Waals surface area contributed by atoms with Gasteiger partial charge in [0.25, 0.3) is 5.91 Å². The summed E-state index contributed by atoms with van der Waals surface area (Å²) in [6.45, 7) is 5.32. The molecule has 4 nitrogen and oxygen atoms in total. The predicted octanol–water partition coefficient (Wildman–Crippen LogP) is 4.76. The lowest BCUT2D eigenvalue weighted by atomic mass is 10.1. The first-order valence-corrected chi connectivity index (χ1v) is 11.5. The molecule has 1 heterocycles. The second-order valence-corrected chi connectivity index (χ2v) is 10.1. The molecule has 0 bridgehead atoms. The standard InChI is InChI=1S/C22H22FNO3S2/c1-14-6-7-17(11-15(14)2)22(25)24-13-21(20-5-4-10-28-20)29(26,27)18-8-9-19(23)16(3)12-18/h4-12,21H,13H2,1-3H3,(H,24,25)/t21-/m1/s1. The molecule has 152 valence electrons. The van der Waals surface area contributed by atoms with Crippen LogP contribution < -0.4 is 5.32 Å². The average molecular weight is 432 g/mol. The Labute approximate surface area is 174 Å². The minimum atomic E-state index is -3.83. The molecule has 2 aromatic carbocycles. The third-order valence-corrected chi connectivity index (χ3v) is 8.13. The summed E-state index contributed by atoms with van der Waals surface area (Å²) < 4.78 is 40.2. The number of aryl methyl sites for hydroxylation is 3. The van der Waals surface area contributed by atoms with Crippen LogP contribution in [-0.2, 0) is 9.84 Å². The molecule has 0 saturated heterocycles. The van der Waals surface area contributed by atoms with Crippen LogP contribution in [0.3, 0.4) is 0 Å². The molecule has 1 N–H and O–H groups in total. The van der Waals surface area contributed by atoms with Crippen molar-refractivity contribution in [1.29, 1.82) is 0 Å². The summed E-state index contributed by atoms with van der Waals surface area (Å²) in [5, 5.41) is 3.59. The van der Waals surface area contributed by atoms with Crippen LogP contribution in [-0.4, -0.2) is 20.9 Å². The van der Waals surface area contributed by atoms with Gasteiger partial charge in [-0.3, -0.25) is 4.79 Å². The Bertz CT molecular complexity index is 1140. The maximum absolute atomic E-state index is 13.6. The summed E-state index contributed by atoms with van der Waals surface area (Å²) >= 11 is 1.31. The predicted molar refractivity (Wildman–Crippen MR) is 114 cm³/mol. The number of carbonyl (C=O) groups excluding carboxylic acids is 1. The minimum Gasteiger partial charge on any atom is -0.350 e. The van der Waals surface area contributed by atoms with Crippen LogP contribution in [0.2, 0.25) is 0 Å². The number of rotatable bonds is 6. The lowest BCUT2D eigenvalue weighted by Gasteiger charge is -2.18. The van der Waals surface area contributed by atoms with Crippen LogP contribution >= 0.6 is 11.3 Å². The normalized spacial score (nSPS) is 12.6. The molecule has 0 aliphatic carbocycles. The molecule has 0 spiro atoms. The van der Waals surface area contributed by atoms with Crippen molar-refractivity contribution >= 4 is 27.1 Å². The maximum Gasteiger partial charge on any atom is 0.251 e. The Balaban J connectivity index is 1.89. The lowest BCUT2D eigenvalue weighted by molar-refractivity contribution is 0.0953. The van der Waals surface area contributed by atoms with E-state index in [2.05, 4.69) is 5.32 Å². The number of thiophene rings is 1. The van der Waals surface area contributed by atoms with Crippen LogP contribution in [0.15, 0.2) is 58.8 Å². The summed E-state index contributed by atoms with van der Waals surface area (Å²) in [5.41, 5.74) is 2.80. The smallest absolute Gasteiger partial charge is 0.251 e. The highest BCUT2D eigenvalue weighted by Crippen LogP contribution is 2.32. The fourth-order valence-corrected chi connectivity index (χ4v) is 5.83. The summed E-state index contributed by atoms with van der Waals surface area (Å²) in [6, 6.07) is 12.6. The first kappa shape index (κ1) is 21.2. The SMILES string of the molecule is Cc1ccc(C(=O)NC[C@H](c2cccs2)S(=O)(=O)c2ccc(F)c(C)c2)cc1C. The van der Waals surface area contributed by atoms with Gasteiger partial charge in [-0.1, -0.05) is 12.1 Å². The van der Waals surface area contributed by atoms with E-state index >= 15 is 0 Å². The van der Waals surface area contributed by atoms with Crippen molar-refractivity contribution < 1.29 is 17.6 Å². The Hall–Kier alpha value is -2.51. The quantitative estimate of drug-likeness (QED) is 0.573. The number of carbonyl (C=O) groups is 1. The number of hydrogen-bond donors (Lipinski definition) is 1. The number of nitrogens with one attached hydrogen (secondary N) is 1. The summed E-state index contributed by atoms with van der Waals surface area (Å²) in [4.78, 5) is 13.2. The van der Waals surface area contributed by atoms with Crippen molar-refractivity contribution in [2.75, 3.05) is 6.54 Å². The Kier molecular flexibility index (Phi) is 6.19. The molecule has 1 amide bonds. The van der Waals surface area contributed by atoms with Crippen molar-refractivity contribution in [3.63, 3.8) is 0 Å². The zero-order valence-corrected chi connectivity index (χ0v) is 18.0. The molecule has 0 aliphatic heterocycles. The molecule has 0 unspecified atom stereocenters. The Morgan fingerprint density at radius 3 is 2.41 bits per heavy atom. The van der Waals surface area contributed by atoms with Gasteiger partial charge in [-0.05, 0) is 79.2 Å². The third kappa shape index (κ3) is 4.57. The van der Waals surface area contributed by atoms with Gasteiger partial charge >= 0.3 is 0 Å². The van der Waals surface area contributed by atoms with Gasteiger partial charge in [0, 0.05) is 17.0 Å². The van der Waals surface area contributed by atoms with Crippen molar-refractivity contribution in [2.24, 2.45) is 0 Å². The van der Waals surface area contributed by atoms with Gasteiger partial charge in [0.15, 0.2) is 9.84 Å². The van der Waals surface area contributed by atoms with E-state index < -0.39 is 20.9 Å². The third-order valence-electron chi connectivity index (χ3n) is 4.91. The van der Waals surface area contributed by atoms with Gasteiger partial charge in [-0.25, -0.2) is 12.8 Å². The summed E-state index contributed by atoms with van der Waals surface area (Å²) in [7, 11) is -3.83. The molecule has 3 rings (SSSR count). The largest absolute Gasteiger partial charge is 0.350 e. The molecule has 1 aromatic heterocycles. The molecule has 3 aromatic rings. The summed E-state index contributed by atoms with van der Waals surface area (Å²) in [6.07, 6.45) is 0. The van der Waals surface area contributed by atoms with E-state index in [1.807, 2.05) is 19.9 Å². The first-order chi connectivity index (χ1) is 13.7. The van der Waals surface area contributed by atoms with Crippen LogP contribution in [0.25, 0.3) is 0 Å². The van der Waals surface area contributed by atoms with Gasteiger partial charge in [0.05, 0.1) is 4.90 Å². The lowest BCUT2D eigenvalue weighted by Crippen LogP contribution is -2.31. The highest BCUT2D eigenvalue weighted by Gasteiger charge is 2.31. The minimum absolute atomic E-state index is 0.0372. The zero-order chi connectivity index (χ0) is 21.2. The fraction of sp³-hybridized carbons (Fsp3) is 0.227. The van der Waals surface area contributed by atoms with E-state index in [0.29, 0.717) is 10.4 Å². The zero-order valence-electron chi connectivity index (χ0n) is 16.4. The average Bonchev–Trinajstić information content (AvgIpc) is 3.20. The van der Waals surface area contributed by atoms with Crippen LogP contribution in [0.4, 0.5) is 4.39 Å². The van der Waals surface area contributed by atoms with Crippen molar-refractivity contribution in [3.8, 4) is 0 Å². The summed E-state index contributed by atoms with van der Waals surface area (Å²) in [5.74, 6) is -0.792. The van der Waals surface area contributed by atoms with Crippen LogP contribution in [0, 0.1) is 26.6 Å². The number of amides is 1. The van der Waals surface area contributed by atoms with Crippen molar-refractivity contribution in [2.45, 2.75) is 30.9 Å². The van der Waals surface area contributed by atoms with E-state index in [-0.39, 0.29) is 22.9 Å². The van der Waals surface area contributed by atoms with E-state index in [4.69, 9.17) is 0 Å². The van der Waals surface area contributed by atoms with Crippen LogP contribution in [0.1, 0.15) is 37.2 Å². The van der Waals surface area contributed by atoms with E-state index in [0.717, 1.165) is 17.2 Å². The molecule has 7 heteroatoms. The first-order valence-electron chi connectivity index (χ1n) is 9.09. The molecule has 29 heavy (non-hydrogen) atoms. The molecular weight excluding hydrogens is 409 g/mol. The second kappa shape index (κ2) is 8.47. The Morgan fingerprint density at radius 1 is 1.03 bits per heavy atom. The van der Waals surface area contributed by atoms with E-state index in [1.165, 1.54) is 30.4 Å². The highest BCUT2D eigenvalue weighted by atomic mass is 32.2. The maximum atomic E-state index is 13.6. The molecule has 0 aliphatic rings. The monoisotopic (exact) mass is 431 g/mol. The van der Waals surface area contributed by atoms with Gasteiger partial charge in [-0.2, -0.15) is 0 Å². The molecule has 0 saturated carbocycles. The van der Waals surface area contributed by atoms with Gasteiger partial charge < -0.3 is 5.32 Å². The molecular formula is C22H22FNO3S2. The van der Waals surface area contributed by atoms with Crippen molar-refractivity contribution in [3.05, 3.63) is 86.9 Å². The van der Waals surface area contributed by atoms with Gasteiger partial charge in [0.1, 0.15) is 11.1 Å². The van der Waals surface area contributed by atoms with E-state index in [1.54, 1.807) is 29.6 Å². The number of halogens is 1. The second-order valence-electron chi connectivity index (χ2n) is 6.97. The molecule has 0 radical (unpaired) electrons. The molecule has 1 atom stereocenters. The van der Waals surface area contributed by atoms with Gasteiger partial charge in [-0.15, -0.1) is 11.3 Å². The highest BCUT2D eigenvalue weighted by molar-refractivity contribution is 7.91. The number of hydrogen-bond acceptors (Lipinski definition) is 4. The topological polar surface area (TPSA) is 63.2 Å².